The first kappa shape index (κ1) is 11.8. The molecule has 1 aromatic carbocycles. The zero-order chi connectivity index (χ0) is 10.7. The summed E-state index contributed by atoms with van der Waals surface area (Å²) in [5, 5.41) is 10.5. The lowest BCUT2D eigenvalue weighted by Gasteiger charge is -2.12. The Kier molecular flexibility index (Phi) is 4.17. The zero-order valence-corrected chi connectivity index (χ0v) is 10.3. The Morgan fingerprint density at radius 1 is 1.64 bits per heavy atom. The Bertz CT molecular complexity index is 349. The molecule has 0 aliphatic carbocycles. The summed E-state index contributed by atoms with van der Waals surface area (Å²) in [4.78, 5) is 0. The van der Waals surface area contributed by atoms with Crippen molar-refractivity contribution in [2.75, 3.05) is 0 Å². The second-order valence-corrected chi connectivity index (χ2v) is 4.63. The number of halogens is 2. The van der Waals surface area contributed by atoms with E-state index in [9.17, 15) is 5.11 Å². The molecule has 0 aliphatic heterocycles. The van der Waals surface area contributed by atoms with Gasteiger partial charge in [-0.05, 0) is 37.1 Å². The van der Waals surface area contributed by atoms with Gasteiger partial charge in [-0.2, -0.15) is 0 Å². The lowest BCUT2D eigenvalue weighted by molar-refractivity contribution is 0.177. The second kappa shape index (κ2) is 4.96. The number of aliphatic hydroxyl groups excluding tert-OH is 1. The van der Waals surface area contributed by atoms with Gasteiger partial charge in [-0.3, -0.25) is 0 Å². The number of aliphatic hydroxyl groups is 1. The SMILES string of the molecule is C=C(C)CC(O)c1cc(Cl)ccc1Br. The summed E-state index contributed by atoms with van der Waals surface area (Å²) in [5.41, 5.74) is 1.75. The smallest absolute Gasteiger partial charge is 0.0838 e. The third kappa shape index (κ3) is 3.12. The molecule has 1 rings (SSSR count). The molecule has 0 fully saturated rings. The van der Waals surface area contributed by atoms with Gasteiger partial charge in [0, 0.05) is 9.50 Å². The summed E-state index contributed by atoms with van der Waals surface area (Å²) < 4.78 is 0.871. The molecule has 0 spiro atoms. The number of hydrogen-bond donors (Lipinski definition) is 1. The van der Waals surface area contributed by atoms with Crippen molar-refractivity contribution < 1.29 is 5.11 Å². The van der Waals surface area contributed by atoms with Gasteiger partial charge >= 0.3 is 0 Å². The third-order valence-electron chi connectivity index (χ3n) is 1.86. The van der Waals surface area contributed by atoms with Crippen molar-refractivity contribution in [3.8, 4) is 0 Å². The largest absolute Gasteiger partial charge is 0.388 e. The topological polar surface area (TPSA) is 20.2 Å². The normalized spacial score (nSPS) is 12.6. The predicted octanol–water partition coefficient (Wildman–Crippen LogP) is 4.10. The van der Waals surface area contributed by atoms with Crippen LogP contribution in [0.4, 0.5) is 0 Å². The Labute approximate surface area is 97.5 Å². The van der Waals surface area contributed by atoms with Crippen LogP contribution in [0.3, 0.4) is 0 Å². The highest BCUT2D eigenvalue weighted by Crippen LogP contribution is 2.29. The monoisotopic (exact) mass is 274 g/mol. The van der Waals surface area contributed by atoms with Crippen LogP contribution >= 0.6 is 27.5 Å². The molecule has 1 nitrogen and oxygen atoms in total. The molecule has 0 heterocycles. The van der Waals surface area contributed by atoms with Crippen LogP contribution in [0.5, 0.6) is 0 Å². The van der Waals surface area contributed by atoms with Gasteiger partial charge in [-0.15, -0.1) is 6.58 Å². The van der Waals surface area contributed by atoms with E-state index in [1.807, 2.05) is 13.0 Å². The Morgan fingerprint density at radius 2 is 2.29 bits per heavy atom. The summed E-state index contributed by atoms with van der Waals surface area (Å²) in [6.07, 6.45) is 0.0134. The molecule has 3 heteroatoms. The van der Waals surface area contributed by atoms with Gasteiger partial charge in [0.05, 0.1) is 6.10 Å². The van der Waals surface area contributed by atoms with Gasteiger partial charge in [0.1, 0.15) is 0 Å². The van der Waals surface area contributed by atoms with Crippen molar-refractivity contribution in [1.82, 2.24) is 0 Å². The van der Waals surface area contributed by atoms with Crippen LogP contribution in [-0.2, 0) is 0 Å². The molecule has 0 amide bonds. The molecule has 0 radical (unpaired) electrons. The standard InChI is InChI=1S/C11H12BrClO/c1-7(2)5-11(14)9-6-8(13)3-4-10(9)12/h3-4,6,11,14H,1,5H2,2H3. The van der Waals surface area contributed by atoms with Crippen LogP contribution in [0, 0.1) is 0 Å². The first-order valence-electron chi connectivity index (χ1n) is 4.28. The molecule has 1 atom stereocenters. The Morgan fingerprint density at radius 3 is 2.86 bits per heavy atom. The van der Waals surface area contributed by atoms with Gasteiger partial charge in [-0.25, -0.2) is 0 Å². The summed E-state index contributed by atoms with van der Waals surface area (Å²) in [6, 6.07) is 5.38. The van der Waals surface area contributed by atoms with Gasteiger partial charge in [-0.1, -0.05) is 33.1 Å². The maximum Gasteiger partial charge on any atom is 0.0838 e. The number of rotatable bonds is 3. The molecular formula is C11H12BrClO. The van der Waals surface area contributed by atoms with Crippen LogP contribution in [0.25, 0.3) is 0 Å². The third-order valence-corrected chi connectivity index (χ3v) is 2.82. The van der Waals surface area contributed by atoms with Crippen molar-refractivity contribution in [3.05, 3.63) is 45.4 Å². The predicted molar refractivity (Wildman–Crippen MR) is 63.5 cm³/mol. The average molecular weight is 276 g/mol. The minimum absolute atomic E-state index is 0.541. The summed E-state index contributed by atoms with van der Waals surface area (Å²) in [7, 11) is 0. The summed E-state index contributed by atoms with van der Waals surface area (Å²) >= 11 is 9.22. The summed E-state index contributed by atoms with van der Waals surface area (Å²) in [5.74, 6) is 0. The highest BCUT2D eigenvalue weighted by molar-refractivity contribution is 9.10. The Hall–Kier alpha value is -0.310. The maximum atomic E-state index is 9.85. The number of benzene rings is 1. The molecule has 0 bridgehead atoms. The fourth-order valence-electron chi connectivity index (χ4n) is 1.21. The first-order valence-corrected chi connectivity index (χ1v) is 5.45. The van der Waals surface area contributed by atoms with Crippen molar-refractivity contribution in [2.24, 2.45) is 0 Å². The fourth-order valence-corrected chi connectivity index (χ4v) is 1.90. The van der Waals surface area contributed by atoms with E-state index in [4.69, 9.17) is 11.6 Å². The Balaban J connectivity index is 2.93. The zero-order valence-electron chi connectivity index (χ0n) is 7.93. The quantitative estimate of drug-likeness (QED) is 0.823. The first-order chi connectivity index (χ1) is 6.50. The van der Waals surface area contributed by atoms with E-state index in [0.717, 1.165) is 15.6 Å². The summed E-state index contributed by atoms with van der Waals surface area (Å²) in [6.45, 7) is 5.65. The minimum Gasteiger partial charge on any atom is -0.388 e. The maximum absolute atomic E-state index is 9.85. The van der Waals surface area contributed by atoms with Gasteiger partial charge in [0.15, 0.2) is 0 Å². The van der Waals surface area contributed by atoms with Crippen LogP contribution < -0.4 is 0 Å². The molecule has 0 aliphatic rings. The van der Waals surface area contributed by atoms with E-state index in [1.165, 1.54) is 0 Å². The van der Waals surface area contributed by atoms with Crippen molar-refractivity contribution in [1.29, 1.82) is 0 Å². The van der Waals surface area contributed by atoms with Gasteiger partial charge < -0.3 is 5.11 Å². The number of hydrogen-bond acceptors (Lipinski definition) is 1. The second-order valence-electron chi connectivity index (χ2n) is 3.34. The van der Waals surface area contributed by atoms with E-state index < -0.39 is 6.10 Å². The minimum atomic E-state index is -0.541. The van der Waals surface area contributed by atoms with E-state index >= 15 is 0 Å². The molecule has 14 heavy (non-hydrogen) atoms. The van der Waals surface area contributed by atoms with Crippen LogP contribution in [0.2, 0.25) is 5.02 Å². The van der Waals surface area contributed by atoms with Crippen LogP contribution in [-0.4, -0.2) is 5.11 Å². The van der Waals surface area contributed by atoms with Crippen LogP contribution in [0.1, 0.15) is 25.0 Å². The average Bonchev–Trinajstić information content (AvgIpc) is 2.08. The van der Waals surface area contributed by atoms with E-state index in [-0.39, 0.29) is 0 Å². The lowest BCUT2D eigenvalue weighted by atomic mass is 10.0. The van der Waals surface area contributed by atoms with Gasteiger partial charge in [0.25, 0.3) is 0 Å². The van der Waals surface area contributed by atoms with Crippen molar-refractivity contribution in [2.45, 2.75) is 19.4 Å². The van der Waals surface area contributed by atoms with Crippen molar-refractivity contribution in [3.63, 3.8) is 0 Å². The van der Waals surface area contributed by atoms with Gasteiger partial charge in [0.2, 0.25) is 0 Å². The molecule has 0 saturated heterocycles. The van der Waals surface area contributed by atoms with E-state index in [0.29, 0.717) is 11.4 Å². The molecule has 1 N–H and O–H groups in total. The molecular weight excluding hydrogens is 263 g/mol. The molecule has 0 saturated carbocycles. The highest BCUT2D eigenvalue weighted by atomic mass is 79.9. The fraction of sp³-hybridized carbons (Fsp3) is 0.273. The molecule has 76 valence electrons. The lowest BCUT2D eigenvalue weighted by Crippen LogP contribution is -1.98. The molecule has 0 aromatic heterocycles. The molecule has 1 aromatic rings. The molecule has 1 unspecified atom stereocenters. The highest BCUT2D eigenvalue weighted by Gasteiger charge is 2.11. The van der Waals surface area contributed by atoms with E-state index in [2.05, 4.69) is 22.5 Å². The van der Waals surface area contributed by atoms with Crippen molar-refractivity contribution >= 4 is 27.5 Å². The van der Waals surface area contributed by atoms with Crippen LogP contribution in [0.15, 0.2) is 34.8 Å². The van der Waals surface area contributed by atoms with E-state index in [1.54, 1.807) is 12.1 Å².